The summed E-state index contributed by atoms with van der Waals surface area (Å²) >= 11 is 0. The Bertz CT molecular complexity index is 1170. The summed E-state index contributed by atoms with van der Waals surface area (Å²) in [5.74, 6) is -0.755. The number of aliphatic hydroxyl groups excluding tert-OH is 1. The van der Waals surface area contributed by atoms with Crippen LogP contribution in [-0.2, 0) is 32.1 Å². The maximum atomic E-state index is 13.4. The van der Waals surface area contributed by atoms with Crippen LogP contribution in [0.4, 0.5) is 0 Å². The molecule has 0 saturated heterocycles. The molecule has 43 heavy (non-hydrogen) atoms. The molecule has 8 heteroatoms. The van der Waals surface area contributed by atoms with E-state index in [2.05, 4.69) is 23.8 Å². The van der Waals surface area contributed by atoms with Crippen LogP contribution in [0.2, 0.25) is 0 Å². The van der Waals surface area contributed by atoms with E-state index in [1.165, 1.54) is 0 Å². The van der Waals surface area contributed by atoms with Gasteiger partial charge < -0.3 is 25.2 Å². The smallest absolute Gasteiger partial charge is 0.305 e. The maximum absolute atomic E-state index is 13.4. The van der Waals surface area contributed by atoms with Crippen LogP contribution in [0, 0.1) is 5.92 Å². The summed E-state index contributed by atoms with van der Waals surface area (Å²) in [7, 11) is 0. The van der Waals surface area contributed by atoms with Crippen molar-refractivity contribution in [1.29, 1.82) is 0 Å². The molecule has 2 atom stereocenters. The fourth-order valence-electron chi connectivity index (χ4n) is 5.31. The first-order chi connectivity index (χ1) is 20.9. The zero-order valence-corrected chi connectivity index (χ0v) is 25.1. The Morgan fingerprint density at radius 1 is 0.977 bits per heavy atom. The summed E-state index contributed by atoms with van der Waals surface area (Å²) in [4.78, 5) is 38.5. The zero-order chi connectivity index (χ0) is 30.9. The third-order valence-corrected chi connectivity index (χ3v) is 7.74. The van der Waals surface area contributed by atoms with Crippen molar-refractivity contribution in [1.82, 2.24) is 10.6 Å². The summed E-state index contributed by atoms with van der Waals surface area (Å²) in [6.45, 7) is 7.79. The fourth-order valence-corrected chi connectivity index (χ4v) is 5.31. The van der Waals surface area contributed by atoms with Gasteiger partial charge in [-0.1, -0.05) is 67.5 Å². The minimum absolute atomic E-state index is 0.0436. The normalized spacial score (nSPS) is 15.1. The number of hydrogen-bond donors (Lipinski definition) is 3. The molecule has 3 rings (SSSR count). The Kier molecular flexibility index (Phi) is 14.0. The molecule has 8 nitrogen and oxygen atoms in total. The number of rotatable bonds is 19. The monoisotopic (exact) mass is 590 g/mol. The highest BCUT2D eigenvalue weighted by Crippen LogP contribution is 2.31. The van der Waals surface area contributed by atoms with Crippen LogP contribution < -0.4 is 15.4 Å². The van der Waals surface area contributed by atoms with Gasteiger partial charge in [-0.2, -0.15) is 0 Å². The van der Waals surface area contributed by atoms with E-state index in [-0.39, 0.29) is 37.4 Å². The fraction of sp³-hybridized carbons (Fsp3) is 0.457. The van der Waals surface area contributed by atoms with Crippen molar-refractivity contribution >= 4 is 17.8 Å². The minimum Gasteiger partial charge on any atom is -0.489 e. The van der Waals surface area contributed by atoms with Crippen molar-refractivity contribution in [3.8, 4) is 5.75 Å². The van der Waals surface area contributed by atoms with Crippen LogP contribution in [0.3, 0.4) is 0 Å². The second-order valence-corrected chi connectivity index (χ2v) is 11.3. The molecular formula is C35H46N2O6. The molecule has 2 amide bonds. The van der Waals surface area contributed by atoms with Gasteiger partial charge in [0, 0.05) is 12.8 Å². The summed E-state index contributed by atoms with van der Waals surface area (Å²) in [6.07, 6.45) is 9.14. The van der Waals surface area contributed by atoms with Gasteiger partial charge >= 0.3 is 5.97 Å². The number of ether oxygens (including phenoxy) is 2. The van der Waals surface area contributed by atoms with Crippen LogP contribution in [0.25, 0.3) is 0 Å². The Balaban J connectivity index is 1.50. The van der Waals surface area contributed by atoms with E-state index in [0.29, 0.717) is 45.1 Å². The predicted octanol–water partition coefficient (Wildman–Crippen LogP) is 5.20. The number of aliphatic hydroxyl groups is 1. The lowest BCUT2D eigenvalue weighted by molar-refractivity contribution is -0.147. The highest BCUT2D eigenvalue weighted by atomic mass is 16.5. The number of nitrogens with one attached hydrogen (secondary N) is 2. The van der Waals surface area contributed by atoms with Crippen molar-refractivity contribution in [2.24, 2.45) is 5.92 Å². The summed E-state index contributed by atoms with van der Waals surface area (Å²) < 4.78 is 11.4. The van der Waals surface area contributed by atoms with Crippen LogP contribution in [0.1, 0.15) is 68.9 Å². The SMILES string of the molecule is C=CCCCC(=O)OCC1(NC(=O)C(CC=C)CC(=O)NC(CO)Cc2ccc(OCc3ccccc3)cc2)CCCC1. The molecule has 0 aromatic heterocycles. The number of allylic oxidation sites excluding steroid dienone is 2. The molecule has 232 valence electrons. The highest BCUT2D eigenvalue weighted by Gasteiger charge is 2.38. The Morgan fingerprint density at radius 2 is 1.70 bits per heavy atom. The molecular weight excluding hydrogens is 544 g/mol. The molecule has 1 aliphatic rings. The molecule has 1 aliphatic carbocycles. The second-order valence-electron chi connectivity index (χ2n) is 11.3. The van der Waals surface area contributed by atoms with Crippen molar-refractivity contribution in [3.63, 3.8) is 0 Å². The minimum atomic E-state index is -0.626. The molecule has 0 aliphatic heterocycles. The largest absolute Gasteiger partial charge is 0.489 e. The van der Waals surface area contributed by atoms with E-state index < -0.39 is 17.5 Å². The summed E-state index contributed by atoms with van der Waals surface area (Å²) in [5, 5.41) is 16.0. The van der Waals surface area contributed by atoms with Gasteiger partial charge in [0.25, 0.3) is 0 Å². The first-order valence-electron chi connectivity index (χ1n) is 15.2. The number of carbonyl (C=O) groups is 3. The molecule has 0 spiro atoms. The predicted molar refractivity (Wildman–Crippen MR) is 167 cm³/mol. The van der Waals surface area contributed by atoms with E-state index in [9.17, 15) is 19.5 Å². The first kappa shape index (κ1) is 33.6. The third kappa shape index (κ3) is 11.7. The average molecular weight is 591 g/mol. The second kappa shape index (κ2) is 17.9. The summed E-state index contributed by atoms with van der Waals surface area (Å²) in [5.41, 5.74) is 1.40. The van der Waals surface area contributed by atoms with Crippen LogP contribution in [0.5, 0.6) is 5.75 Å². The van der Waals surface area contributed by atoms with Gasteiger partial charge in [-0.25, -0.2) is 0 Å². The van der Waals surface area contributed by atoms with E-state index in [1.807, 2.05) is 54.6 Å². The van der Waals surface area contributed by atoms with Crippen LogP contribution >= 0.6 is 0 Å². The molecule has 0 bridgehead atoms. The third-order valence-electron chi connectivity index (χ3n) is 7.74. The molecule has 2 aromatic carbocycles. The Morgan fingerprint density at radius 3 is 2.35 bits per heavy atom. The lowest BCUT2D eigenvalue weighted by Crippen LogP contribution is -2.52. The molecule has 2 aromatic rings. The van der Waals surface area contributed by atoms with E-state index >= 15 is 0 Å². The molecule has 0 heterocycles. The van der Waals surface area contributed by atoms with Crippen molar-refractivity contribution in [2.75, 3.05) is 13.2 Å². The quantitative estimate of drug-likeness (QED) is 0.118. The number of hydrogen-bond acceptors (Lipinski definition) is 6. The molecule has 1 saturated carbocycles. The molecule has 2 unspecified atom stereocenters. The Labute approximate surface area is 255 Å². The molecule has 0 radical (unpaired) electrons. The average Bonchev–Trinajstić information content (AvgIpc) is 3.48. The van der Waals surface area contributed by atoms with Gasteiger partial charge in [0.15, 0.2) is 0 Å². The first-order valence-corrected chi connectivity index (χ1v) is 15.2. The maximum Gasteiger partial charge on any atom is 0.305 e. The number of unbranched alkanes of at least 4 members (excludes halogenated alkanes) is 1. The van der Waals surface area contributed by atoms with E-state index in [1.54, 1.807) is 12.2 Å². The van der Waals surface area contributed by atoms with Crippen molar-refractivity contribution < 1.29 is 29.0 Å². The van der Waals surface area contributed by atoms with E-state index in [0.717, 1.165) is 36.1 Å². The topological polar surface area (TPSA) is 114 Å². The van der Waals surface area contributed by atoms with Gasteiger partial charge in [-0.3, -0.25) is 14.4 Å². The van der Waals surface area contributed by atoms with Crippen LogP contribution in [-0.4, -0.2) is 47.7 Å². The standard InChI is InChI=1S/C35H46N2O6/c1-3-5-7-15-33(40)43-26-35(20-10-11-21-35)37-34(41)29(12-4-2)23-32(39)36-30(24-38)22-27-16-18-31(19-17-27)42-25-28-13-8-6-9-14-28/h3-4,6,8-9,13-14,16-19,29-30,38H,1-2,5,7,10-12,15,20-26H2,(H,36,39)(H,37,41). The van der Waals surface area contributed by atoms with Crippen molar-refractivity contribution in [3.05, 3.63) is 91.0 Å². The summed E-state index contributed by atoms with van der Waals surface area (Å²) in [6, 6.07) is 17.0. The molecule has 3 N–H and O–H groups in total. The van der Waals surface area contributed by atoms with Gasteiger partial charge in [0.05, 0.1) is 24.1 Å². The van der Waals surface area contributed by atoms with Gasteiger partial charge in [0.2, 0.25) is 11.8 Å². The lowest BCUT2D eigenvalue weighted by Gasteiger charge is -2.31. The highest BCUT2D eigenvalue weighted by molar-refractivity contribution is 5.86. The number of amides is 2. The molecule has 1 fully saturated rings. The van der Waals surface area contributed by atoms with Gasteiger partial charge in [0.1, 0.15) is 19.0 Å². The van der Waals surface area contributed by atoms with E-state index in [4.69, 9.17) is 9.47 Å². The van der Waals surface area contributed by atoms with Crippen molar-refractivity contribution in [2.45, 2.75) is 82.4 Å². The number of carbonyl (C=O) groups excluding carboxylic acids is 3. The van der Waals surface area contributed by atoms with Gasteiger partial charge in [-0.15, -0.1) is 13.2 Å². The Hall–Kier alpha value is -3.91. The number of esters is 1. The number of benzene rings is 2. The lowest BCUT2D eigenvalue weighted by atomic mass is 9.94. The van der Waals surface area contributed by atoms with Gasteiger partial charge in [-0.05, 0) is 61.8 Å². The zero-order valence-electron chi connectivity index (χ0n) is 25.1. The van der Waals surface area contributed by atoms with Crippen LogP contribution in [0.15, 0.2) is 79.9 Å².